The van der Waals surface area contributed by atoms with E-state index in [-0.39, 0.29) is 15.0 Å². The van der Waals surface area contributed by atoms with Gasteiger partial charge in [0.1, 0.15) is 0 Å². The summed E-state index contributed by atoms with van der Waals surface area (Å²) in [7, 11) is 0. The van der Waals surface area contributed by atoms with Crippen molar-refractivity contribution in [1.29, 1.82) is 0 Å². The molecule has 1 N–H and O–H groups in total. The molecule has 0 heterocycles. The Morgan fingerprint density at radius 1 is 1.50 bits per heavy atom. The Hall–Kier alpha value is -1.05. The molecule has 0 fully saturated rings. The van der Waals surface area contributed by atoms with Crippen LogP contribution in [-0.2, 0) is 0 Å². The molecule has 0 amide bonds. The zero-order valence-electron chi connectivity index (χ0n) is 7.99. The second-order valence-electron chi connectivity index (χ2n) is 3.05. The molecule has 0 radical (unpaired) electrons. The molecule has 0 atom stereocenters. The third-order valence-electron chi connectivity index (χ3n) is 1.59. The van der Waals surface area contributed by atoms with E-state index < -0.39 is 5.97 Å². The number of allylic oxidation sites excluding steroid dienone is 1. The summed E-state index contributed by atoms with van der Waals surface area (Å²) in [6.45, 7) is 5.78. The van der Waals surface area contributed by atoms with Crippen LogP contribution >= 0.6 is 0 Å². The van der Waals surface area contributed by atoms with Crippen molar-refractivity contribution in [2.45, 2.75) is 12.2 Å². The van der Waals surface area contributed by atoms with E-state index in [2.05, 4.69) is 6.58 Å². The van der Waals surface area contributed by atoms with Crippen LogP contribution in [-0.4, -0.2) is 26.0 Å². The molecule has 2 nitrogen and oxygen atoms in total. The molecule has 0 aliphatic heterocycles. The summed E-state index contributed by atoms with van der Waals surface area (Å²) in [5.74, 6) is -0.843. The molecule has 1 rings (SSSR count). The first-order chi connectivity index (χ1) is 6.61. The molecule has 3 heteroatoms. The first kappa shape index (κ1) is 11.0. The van der Waals surface area contributed by atoms with Gasteiger partial charge in [0.25, 0.3) is 0 Å². The Balaban J connectivity index is 2.84. The summed E-state index contributed by atoms with van der Waals surface area (Å²) >= 11 is 0.181. The van der Waals surface area contributed by atoms with Gasteiger partial charge in [0, 0.05) is 0 Å². The number of carboxylic acid groups (broad SMARTS) is 1. The van der Waals surface area contributed by atoms with Crippen molar-refractivity contribution in [2.24, 2.45) is 0 Å². The molecule has 0 spiro atoms. The van der Waals surface area contributed by atoms with Crippen molar-refractivity contribution < 1.29 is 9.90 Å². The summed E-state index contributed by atoms with van der Waals surface area (Å²) in [4.78, 5) is 10.9. The zero-order valence-corrected chi connectivity index (χ0v) is 9.70. The number of hydrogen-bond donors (Lipinski definition) is 1. The van der Waals surface area contributed by atoms with Gasteiger partial charge in [-0.2, -0.15) is 0 Å². The molecule has 0 aromatic heterocycles. The Morgan fingerprint density at radius 2 is 2.14 bits per heavy atom. The van der Waals surface area contributed by atoms with Crippen molar-refractivity contribution in [1.82, 2.24) is 0 Å². The van der Waals surface area contributed by atoms with Crippen molar-refractivity contribution in [3.63, 3.8) is 0 Å². The third kappa shape index (κ3) is 3.02. The minimum absolute atomic E-state index is 0.181. The standard InChI is InChI=1S/C11H12O2Se/c1-8(2)7-14-10-6-4-3-5-9(10)11(12)13/h3-6H,1,7H2,2H3,(H,12,13). The predicted octanol–water partition coefficient (Wildman–Crippen LogP) is 1.71. The minimum atomic E-state index is -0.843. The molecule has 0 aliphatic rings. The molecule has 14 heavy (non-hydrogen) atoms. The van der Waals surface area contributed by atoms with Crippen molar-refractivity contribution in [3.05, 3.63) is 42.0 Å². The summed E-state index contributed by atoms with van der Waals surface area (Å²) in [5, 5.41) is 9.82. The van der Waals surface area contributed by atoms with Gasteiger partial charge in [0.05, 0.1) is 0 Å². The van der Waals surface area contributed by atoms with Crippen LogP contribution in [0.5, 0.6) is 0 Å². The van der Waals surface area contributed by atoms with Gasteiger partial charge >= 0.3 is 89.5 Å². The fraction of sp³-hybridized carbons (Fsp3) is 0.182. The number of hydrogen-bond acceptors (Lipinski definition) is 1. The first-order valence-electron chi connectivity index (χ1n) is 4.20. The fourth-order valence-electron chi connectivity index (χ4n) is 0.970. The first-order valence-corrected chi connectivity index (χ1v) is 6.27. The second-order valence-corrected chi connectivity index (χ2v) is 5.18. The maximum absolute atomic E-state index is 10.9. The van der Waals surface area contributed by atoms with Crippen molar-refractivity contribution >= 4 is 25.4 Å². The van der Waals surface area contributed by atoms with Crippen LogP contribution in [0.2, 0.25) is 5.32 Å². The second kappa shape index (κ2) is 4.99. The van der Waals surface area contributed by atoms with E-state index in [1.807, 2.05) is 19.1 Å². The van der Waals surface area contributed by atoms with Gasteiger partial charge in [-0.25, -0.2) is 0 Å². The number of rotatable bonds is 4. The molecule has 1 aromatic carbocycles. The summed E-state index contributed by atoms with van der Waals surface area (Å²) < 4.78 is 0.940. The Kier molecular flexibility index (Phi) is 3.93. The Bertz CT molecular complexity index is 358. The summed E-state index contributed by atoms with van der Waals surface area (Å²) in [6, 6.07) is 7.16. The Labute approximate surface area is 89.8 Å². The van der Waals surface area contributed by atoms with Crippen LogP contribution in [0.1, 0.15) is 17.3 Å². The molecule has 1 aromatic rings. The van der Waals surface area contributed by atoms with Gasteiger partial charge < -0.3 is 0 Å². The molecule has 0 saturated carbocycles. The molecule has 0 bridgehead atoms. The number of carboxylic acids is 1. The van der Waals surface area contributed by atoms with Gasteiger partial charge in [-0.05, 0) is 0 Å². The summed E-state index contributed by atoms with van der Waals surface area (Å²) in [6.07, 6.45) is 0. The average molecular weight is 255 g/mol. The van der Waals surface area contributed by atoms with E-state index in [4.69, 9.17) is 5.11 Å². The summed E-state index contributed by atoms with van der Waals surface area (Å²) in [5.41, 5.74) is 1.53. The zero-order chi connectivity index (χ0) is 10.6. The van der Waals surface area contributed by atoms with Gasteiger partial charge in [0.15, 0.2) is 0 Å². The van der Waals surface area contributed by atoms with E-state index in [0.29, 0.717) is 5.56 Å². The maximum atomic E-state index is 10.9. The van der Waals surface area contributed by atoms with E-state index in [0.717, 1.165) is 15.4 Å². The average Bonchev–Trinajstić information content (AvgIpc) is 2.15. The molecule has 0 aliphatic carbocycles. The van der Waals surface area contributed by atoms with E-state index >= 15 is 0 Å². The van der Waals surface area contributed by atoms with Crippen LogP contribution in [0.4, 0.5) is 0 Å². The van der Waals surface area contributed by atoms with Gasteiger partial charge in [0.2, 0.25) is 0 Å². The van der Waals surface area contributed by atoms with Crippen LogP contribution in [0.25, 0.3) is 0 Å². The van der Waals surface area contributed by atoms with E-state index in [1.54, 1.807) is 12.1 Å². The van der Waals surface area contributed by atoms with Gasteiger partial charge in [-0.3, -0.25) is 0 Å². The van der Waals surface area contributed by atoms with Crippen LogP contribution in [0, 0.1) is 0 Å². The predicted molar refractivity (Wildman–Crippen MR) is 58.4 cm³/mol. The number of benzene rings is 1. The fourth-order valence-corrected chi connectivity index (χ4v) is 2.83. The molecular weight excluding hydrogens is 243 g/mol. The van der Waals surface area contributed by atoms with Crippen LogP contribution in [0.15, 0.2) is 36.4 Å². The Morgan fingerprint density at radius 3 is 2.71 bits per heavy atom. The van der Waals surface area contributed by atoms with Crippen molar-refractivity contribution in [2.75, 3.05) is 0 Å². The quantitative estimate of drug-likeness (QED) is 0.657. The van der Waals surface area contributed by atoms with Crippen LogP contribution < -0.4 is 4.46 Å². The normalized spacial score (nSPS) is 9.79. The van der Waals surface area contributed by atoms with Crippen molar-refractivity contribution in [3.8, 4) is 0 Å². The monoisotopic (exact) mass is 256 g/mol. The SMILES string of the molecule is C=C(C)C[Se]c1ccccc1C(=O)O. The van der Waals surface area contributed by atoms with Crippen LogP contribution in [0.3, 0.4) is 0 Å². The molecule has 74 valence electrons. The van der Waals surface area contributed by atoms with Gasteiger partial charge in [-0.15, -0.1) is 0 Å². The third-order valence-corrected chi connectivity index (χ3v) is 4.33. The van der Waals surface area contributed by atoms with Gasteiger partial charge in [-0.1, -0.05) is 0 Å². The molecular formula is C11H12O2Se. The topological polar surface area (TPSA) is 37.3 Å². The molecule has 0 unspecified atom stereocenters. The van der Waals surface area contributed by atoms with E-state index in [9.17, 15) is 4.79 Å². The molecule has 0 saturated heterocycles. The van der Waals surface area contributed by atoms with E-state index in [1.165, 1.54) is 0 Å². The number of carbonyl (C=O) groups is 1. The number of aromatic carboxylic acids is 1.